The van der Waals surface area contributed by atoms with Crippen molar-refractivity contribution < 1.29 is 0 Å². The molecule has 2 aliphatic rings. The first kappa shape index (κ1) is 15.0. The Morgan fingerprint density at radius 2 is 2.10 bits per heavy atom. The van der Waals surface area contributed by atoms with Crippen molar-refractivity contribution in [3.63, 3.8) is 0 Å². The Kier molecular flexibility index (Phi) is 4.36. The van der Waals surface area contributed by atoms with Gasteiger partial charge in [0.25, 0.3) is 0 Å². The van der Waals surface area contributed by atoms with Gasteiger partial charge in [-0.15, -0.1) is 0 Å². The van der Waals surface area contributed by atoms with Gasteiger partial charge in [-0.3, -0.25) is 9.58 Å². The summed E-state index contributed by atoms with van der Waals surface area (Å²) in [6.45, 7) is 11.1. The normalized spacial score (nSPS) is 25.8. The van der Waals surface area contributed by atoms with Gasteiger partial charge in [0, 0.05) is 37.8 Å². The fourth-order valence-electron chi connectivity index (χ4n) is 3.99. The van der Waals surface area contributed by atoms with E-state index >= 15 is 0 Å². The number of piperazine rings is 1. The van der Waals surface area contributed by atoms with Crippen LogP contribution < -0.4 is 5.32 Å². The quantitative estimate of drug-likeness (QED) is 0.925. The van der Waals surface area contributed by atoms with E-state index in [4.69, 9.17) is 5.10 Å². The Hall–Kier alpha value is -0.870. The zero-order chi connectivity index (χ0) is 14.9. The van der Waals surface area contributed by atoms with Crippen molar-refractivity contribution in [1.82, 2.24) is 20.0 Å². The molecule has 1 saturated carbocycles. The van der Waals surface area contributed by atoms with Crippen molar-refractivity contribution in [3.8, 4) is 0 Å². The lowest BCUT2D eigenvalue weighted by Crippen LogP contribution is -2.62. The highest BCUT2D eigenvalue weighted by Gasteiger charge is 2.39. The molecule has 4 nitrogen and oxygen atoms in total. The summed E-state index contributed by atoms with van der Waals surface area (Å²) in [6, 6.07) is 2.92. The molecule has 0 radical (unpaired) electrons. The Morgan fingerprint density at radius 3 is 2.76 bits per heavy atom. The number of aromatic nitrogens is 2. The van der Waals surface area contributed by atoms with Crippen LogP contribution in [0.1, 0.15) is 57.8 Å². The summed E-state index contributed by atoms with van der Waals surface area (Å²) < 4.78 is 2.19. The van der Waals surface area contributed by atoms with Crippen molar-refractivity contribution in [2.45, 2.75) is 77.5 Å². The molecule has 1 aromatic heterocycles. The average molecular weight is 290 g/mol. The third kappa shape index (κ3) is 3.02. The van der Waals surface area contributed by atoms with E-state index < -0.39 is 0 Å². The molecule has 1 spiro atoms. The van der Waals surface area contributed by atoms with E-state index in [-0.39, 0.29) is 0 Å². The van der Waals surface area contributed by atoms with Gasteiger partial charge in [-0.05, 0) is 39.2 Å². The maximum atomic E-state index is 4.70. The Balaban J connectivity index is 1.74. The van der Waals surface area contributed by atoms with Crippen molar-refractivity contribution in [3.05, 3.63) is 17.5 Å². The molecule has 118 valence electrons. The first-order valence-corrected chi connectivity index (χ1v) is 8.70. The fourth-order valence-corrected chi connectivity index (χ4v) is 3.99. The number of rotatable bonds is 4. The van der Waals surface area contributed by atoms with Crippen molar-refractivity contribution in [1.29, 1.82) is 0 Å². The van der Waals surface area contributed by atoms with E-state index in [1.165, 1.54) is 43.6 Å². The first-order chi connectivity index (χ1) is 10.2. The number of hydrogen-bond donors (Lipinski definition) is 1. The molecule has 1 atom stereocenters. The third-order valence-corrected chi connectivity index (χ3v) is 5.40. The minimum absolute atomic E-state index is 0.400. The topological polar surface area (TPSA) is 33.1 Å². The number of nitrogens with zero attached hydrogens (tertiary/aromatic N) is 3. The number of aryl methyl sites for hydroxylation is 2. The summed E-state index contributed by atoms with van der Waals surface area (Å²) >= 11 is 0. The van der Waals surface area contributed by atoms with Crippen LogP contribution in [0.5, 0.6) is 0 Å². The Labute approximate surface area is 128 Å². The number of nitrogens with one attached hydrogen (secondary N) is 1. The predicted octanol–water partition coefficient (Wildman–Crippen LogP) is 2.57. The molecular weight excluding hydrogens is 260 g/mol. The first-order valence-electron chi connectivity index (χ1n) is 8.70. The van der Waals surface area contributed by atoms with Crippen LogP contribution in [0.3, 0.4) is 0 Å². The van der Waals surface area contributed by atoms with Crippen LogP contribution >= 0.6 is 0 Å². The van der Waals surface area contributed by atoms with Gasteiger partial charge in [0.1, 0.15) is 0 Å². The van der Waals surface area contributed by atoms with Gasteiger partial charge >= 0.3 is 0 Å². The van der Waals surface area contributed by atoms with Crippen LogP contribution in [0.4, 0.5) is 0 Å². The maximum Gasteiger partial charge on any atom is 0.0625 e. The molecule has 1 aromatic rings. The summed E-state index contributed by atoms with van der Waals surface area (Å²) in [5.41, 5.74) is 3.01. The second kappa shape index (κ2) is 6.09. The molecule has 2 fully saturated rings. The second-order valence-electron chi connectivity index (χ2n) is 6.92. The van der Waals surface area contributed by atoms with Gasteiger partial charge in [-0.25, -0.2) is 0 Å². The highest BCUT2D eigenvalue weighted by atomic mass is 15.3. The van der Waals surface area contributed by atoms with Gasteiger partial charge in [0.15, 0.2) is 0 Å². The van der Waals surface area contributed by atoms with Crippen LogP contribution in [0.25, 0.3) is 0 Å². The summed E-state index contributed by atoms with van der Waals surface area (Å²) in [5.74, 6) is 0. The minimum Gasteiger partial charge on any atom is -0.308 e. The van der Waals surface area contributed by atoms with Crippen LogP contribution in [0.15, 0.2) is 6.07 Å². The standard InChI is InChI=1S/C17H30N4/c1-4-15-10-16(21(5-2)19-15)12-20-13-17(8-6-7-9-17)18-11-14(20)3/h10,14,18H,4-9,11-13H2,1-3H3. The third-order valence-electron chi connectivity index (χ3n) is 5.40. The van der Waals surface area contributed by atoms with Crippen LogP contribution in [-0.2, 0) is 19.5 Å². The van der Waals surface area contributed by atoms with E-state index in [1.807, 2.05) is 0 Å². The highest BCUT2D eigenvalue weighted by molar-refractivity contribution is 5.12. The van der Waals surface area contributed by atoms with Crippen molar-refractivity contribution >= 4 is 0 Å². The molecule has 1 aliphatic heterocycles. The molecule has 0 aromatic carbocycles. The minimum atomic E-state index is 0.400. The van der Waals surface area contributed by atoms with Gasteiger partial charge in [-0.2, -0.15) is 5.10 Å². The lowest BCUT2D eigenvalue weighted by atomic mass is 9.92. The van der Waals surface area contributed by atoms with E-state index in [2.05, 4.69) is 41.7 Å². The summed E-state index contributed by atoms with van der Waals surface area (Å²) in [6.07, 6.45) is 6.51. The molecule has 1 N–H and O–H groups in total. The molecule has 0 amide bonds. The summed E-state index contributed by atoms with van der Waals surface area (Å²) in [4.78, 5) is 2.67. The molecule has 4 heteroatoms. The van der Waals surface area contributed by atoms with Gasteiger partial charge in [-0.1, -0.05) is 19.8 Å². The van der Waals surface area contributed by atoms with E-state index in [1.54, 1.807) is 0 Å². The van der Waals surface area contributed by atoms with Crippen LogP contribution in [0, 0.1) is 0 Å². The SMILES string of the molecule is CCc1cc(CN2CC3(CCCC3)NCC2C)n(CC)n1. The molecule has 1 saturated heterocycles. The van der Waals surface area contributed by atoms with Crippen molar-refractivity contribution in [2.24, 2.45) is 0 Å². The van der Waals surface area contributed by atoms with Crippen LogP contribution in [0.2, 0.25) is 0 Å². The van der Waals surface area contributed by atoms with Crippen LogP contribution in [-0.4, -0.2) is 39.4 Å². The van der Waals surface area contributed by atoms with Gasteiger partial charge < -0.3 is 5.32 Å². The van der Waals surface area contributed by atoms with E-state index in [9.17, 15) is 0 Å². The highest BCUT2D eigenvalue weighted by Crippen LogP contribution is 2.33. The Bertz CT molecular complexity index is 473. The zero-order valence-electron chi connectivity index (χ0n) is 13.9. The molecule has 3 rings (SSSR count). The second-order valence-corrected chi connectivity index (χ2v) is 6.92. The predicted molar refractivity (Wildman–Crippen MR) is 86.4 cm³/mol. The molecule has 0 bridgehead atoms. The van der Waals surface area contributed by atoms with Gasteiger partial charge in [0.05, 0.1) is 11.4 Å². The lowest BCUT2D eigenvalue weighted by Gasteiger charge is -2.45. The van der Waals surface area contributed by atoms with E-state index in [0.29, 0.717) is 11.6 Å². The summed E-state index contributed by atoms with van der Waals surface area (Å²) in [5, 5.41) is 8.54. The molecule has 1 aliphatic carbocycles. The monoisotopic (exact) mass is 290 g/mol. The van der Waals surface area contributed by atoms with Gasteiger partial charge in [0.2, 0.25) is 0 Å². The summed E-state index contributed by atoms with van der Waals surface area (Å²) in [7, 11) is 0. The molecular formula is C17H30N4. The Morgan fingerprint density at radius 1 is 1.33 bits per heavy atom. The maximum absolute atomic E-state index is 4.70. The number of hydrogen-bond acceptors (Lipinski definition) is 3. The van der Waals surface area contributed by atoms with Crippen molar-refractivity contribution in [2.75, 3.05) is 13.1 Å². The molecule has 1 unspecified atom stereocenters. The average Bonchev–Trinajstić information content (AvgIpc) is 3.10. The smallest absolute Gasteiger partial charge is 0.0625 e. The zero-order valence-corrected chi connectivity index (χ0v) is 13.9. The largest absolute Gasteiger partial charge is 0.308 e. The molecule has 21 heavy (non-hydrogen) atoms. The lowest BCUT2D eigenvalue weighted by molar-refractivity contribution is 0.0802. The molecule has 2 heterocycles. The van der Waals surface area contributed by atoms with E-state index in [0.717, 1.165) is 26.1 Å². The fraction of sp³-hybridized carbons (Fsp3) is 0.824.